The van der Waals surface area contributed by atoms with Gasteiger partial charge in [0.1, 0.15) is 0 Å². The number of para-hydroxylation sites is 1. The Kier molecular flexibility index (Phi) is 2.11. The van der Waals surface area contributed by atoms with Gasteiger partial charge in [0.05, 0.1) is 5.52 Å². The average Bonchev–Trinajstić information content (AvgIpc) is 3.05. The van der Waals surface area contributed by atoms with Crippen molar-refractivity contribution in [3.63, 3.8) is 0 Å². The van der Waals surface area contributed by atoms with Gasteiger partial charge in [-0.05, 0) is 43.2 Å². The fourth-order valence-corrected chi connectivity index (χ4v) is 3.72. The molecule has 2 heterocycles. The van der Waals surface area contributed by atoms with E-state index in [1.165, 1.54) is 54.7 Å². The Morgan fingerprint density at radius 3 is 2.45 bits per heavy atom. The molecular weight excluding hydrogens is 268 g/mol. The maximum atomic E-state index is 3.62. The maximum Gasteiger partial charge on any atom is 0.0502 e. The Morgan fingerprint density at radius 1 is 0.682 bits per heavy atom. The summed E-state index contributed by atoms with van der Waals surface area (Å²) < 4.78 is 0. The largest absolute Gasteiger partial charge is 0.354 e. The van der Waals surface area contributed by atoms with Crippen molar-refractivity contribution >= 4 is 43.6 Å². The van der Waals surface area contributed by atoms with E-state index >= 15 is 0 Å². The Hall–Kier alpha value is -2.74. The van der Waals surface area contributed by atoms with Crippen LogP contribution >= 0.6 is 0 Å². The van der Waals surface area contributed by atoms with Gasteiger partial charge < -0.3 is 9.97 Å². The highest BCUT2D eigenvalue weighted by Crippen LogP contribution is 2.36. The molecule has 0 aliphatic heterocycles. The molecule has 0 aliphatic carbocycles. The molecule has 0 spiro atoms. The fraction of sp³-hybridized carbons (Fsp3) is 0.100. The van der Waals surface area contributed by atoms with Crippen LogP contribution < -0.4 is 0 Å². The van der Waals surface area contributed by atoms with E-state index in [1.54, 1.807) is 0 Å². The van der Waals surface area contributed by atoms with Crippen molar-refractivity contribution < 1.29 is 0 Å². The van der Waals surface area contributed by atoms with Crippen LogP contribution in [0.3, 0.4) is 0 Å². The van der Waals surface area contributed by atoms with Gasteiger partial charge in [-0.2, -0.15) is 0 Å². The number of aromatic nitrogens is 2. The van der Waals surface area contributed by atoms with E-state index in [1.807, 2.05) is 0 Å². The first-order valence-electron chi connectivity index (χ1n) is 7.64. The van der Waals surface area contributed by atoms with Gasteiger partial charge in [-0.3, -0.25) is 0 Å². The molecule has 3 aromatic carbocycles. The highest BCUT2D eigenvalue weighted by molar-refractivity contribution is 6.19. The summed E-state index contributed by atoms with van der Waals surface area (Å²) in [5, 5.41) is 5.22. The minimum atomic E-state index is 1.20. The zero-order valence-corrected chi connectivity index (χ0v) is 12.6. The molecule has 22 heavy (non-hydrogen) atoms. The number of fused-ring (bicyclic) bond motifs is 6. The Labute approximate surface area is 127 Å². The SMILES string of the molecule is Cc1ccc2c(c1)[nH]c1c(C)c3c(cc12)[nH]c1ccccc13. The standard InChI is InChI=1S/C20H16N2/c1-11-7-8-13-15-10-18-19(12(2)20(15)22-17(13)9-11)14-5-3-4-6-16(14)21-18/h3-10,21-22H,1-2H3. The third-order valence-electron chi connectivity index (χ3n) is 4.77. The van der Waals surface area contributed by atoms with Crippen molar-refractivity contribution in [1.29, 1.82) is 0 Å². The van der Waals surface area contributed by atoms with Crippen LogP contribution in [-0.4, -0.2) is 9.97 Å². The third-order valence-corrected chi connectivity index (χ3v) is 4.77. The van der Waals surface area contributed by atoms with E-state index in [2.05, 4.69) is 72.3 Å². The van der Waals surface area contributed by atoms with Crippen LogP contribution in [0.2, 0.25) is 0 Å². The summed E-state index contributed by atoms with van der Waals surface area (Å²) in [5.41, 5.74) is 7.49. The molecular formula is C20H16N2. The number of benzene rings is 3. The molecule has 2 heteroatoms. The predicted octanol–water partition coefficient (Wildman–Crippen LogP) is 5.57. The summed E-state index contributed by atoms with van der Waals surface area (Å²) in [4.78, 5) is 7.18. The van der Waals surface area contributed by atoms with Gasteiger partial charge in [-0.15, -0.1) is 0 Å². The lowest BCUT2D eigenvalue weighted by atomic mass is 10.0. The molecule has 2 aromatic heterocycles. The Balaban J connectivity index is 2.06. The van der Waals surface area contributed by atoms with Crippen LogP contribution in [0.1, 0.15) is 11.1 Å². The summed E-state index contributed by atoms with van der Waals surface area (Å²) in [6.45, 7) is 4.35. The molecule has 5 aromatic rings. The second kappa shape index (κ2) is 3.92. The van der Waals surface area contributed by atoms with Crippen molar-refractivity contribution in [2.45, 2.75) is 13.8 Å². The topological polar surface area (TPSA) is 31.6 Å². The smallest absolute Gasteiger partial charge is 0.0502 e. The van der Waals surface area contributed by atoms with E-state index in [4.69, 9.17) is 0 Å². The highest BCUT2D eigenvalue weighted by Gasteiger charge is 2.13. The number of hydrogen-bond acceptors (Lipinski definition) is 0. The number of hydrogen-bond donors (Lipinski definition) is 2. The van der Waals surface area contributed by atoms with Crippen LogP contribution in [-0.2, 0) is 0 Å². The van der Waals surface area contributed by atoms with Gasteiger partial charge in [0.25, 0.3) is 0 Å². The minimum absolute atomic E-state index is 1.20. The van der Waals surface area contributed by atoms with E-state index in [0.29, 0.717) is 0 Å². The summed E-state index contributed by atoms with van der Waals surface area (Å²) in [6.07, 6.45) is 0. The van der Waals surface area contributed by atoms with Gasteiger partial charge >= 0.3 is 0 Å². The zero-order chi connectivity index (χ0) is 14.8. The van der Waals surface area contributed by atoms with Gasteiger partial charge in [-0.1, -0.05) is 30.3 Å². The van der Waals surface area contributed by atoms with Gasteiger partial charge in [0.2, 0.25) is 0 Å². The first kappa shape index (κ1) is 11.9. The van der Waals surface area contributed by atoms with E-state index in [9.17, 15) is 0 Å². The molecule has 0 saturated heterocycles. The summed E-state index contributed by atoms with van der Waals surface area (Å²) in [7, 11) is 0. The Morgan fingerprint density at radius 2 is 1.55 bits per heavy atom. The van der Waals surface area contributed by atoms with Crippen LogP contribution in [0.25, 0.3) is 43.6 Å². The van der Waals surface area contributed by atoms with E-state index in [0.717, 1.165) is 0 Å². The minimum Gasteiger partial charge on any atom is -0.354 e. The first-order valence-corrected chi connectivity index (χ1v) is 7.64. The van der Waals surface area contributed by atoms with Gasteiger partial charge in [0, 0.05) is 38.1 Å². The third kappa shape index (κ3) is 1.39. The van der Waals surface area contributed by atoms with E-state index in [-0.39, 0.29) is 0 Å². The van der Waals surface area contributed by atoms with E-state index < -0.39 is 0 Å². The van der Waals surface area contributed by atoms with Crippen LogP contribution in [0, 0.1) is 13.8 Å². The van der Waals surface area contributed by atoms with Gasteiger partial charge in [-0.25, -0.2) is 0 Å². The quantitative estimate of drug-likeness (QED) is 0.372. The highest BCUT2D eigenvalue weighted by atomic mass is 14.7. The molecule has 0 amide bonds. The summed E-state index contributed by atoms with van der Waals surface area (Å²) >= 11 is 0. The Bertz CT molecular complexity index is 1190. The lowest BCUT2D eigenvalue weighted by Crippen LogP contribution is -1.79. The molecule has 0 saturated carbocycles. The molecule has 0 radical (unpaired) electrons. The molecule has 2 nitrogen and oxygen atoms in total. The second-order valence-electron chi connectivity index (χ2n) is 6.19. The monoisotopic (exact) mass is 284 g/mol. The summed E-state index contributed by atoms with van der Waals surface area (Å²) in [6, 6.07) is 17.4. The number of aryl methyl sites for hydroxylation is 2. The van der Waals surface area contributed by atoms with Crippen molar-refractivity contribution in [2.75, 3.05) is 0 Å². The fourth-order valence-electron chi connectivity index (χ4n) is 3.72. The van der Waals surface area contributed by atoms with Crippen LogP contribution in [0.15, 0.2) is 48.5 Å². The second-order valence-corrected chi connectivity index (χ2v) is 6.19. The first-order chi connectivity index (χ1) is 10.7. The molecule has 106 valence electrons. The summed E-state index contributed by atoms with van der Waals surface area (Å²) in [5.74, 6) is 0. The van der Waals surface area contributed by atoms with Crippen molar-refractivity contribution in [1.82, 2.24) is 9.97 Å². The molecule has 0 bridgehead atoms. The predicted molar refractivity (Wildman–Crippen MR) is 94.6 cm³/mol. The number of nitrogens with one attached hydrogen (secondary N) is 2. The lowest BCUT2D eigenvalue weighted by molar-refractivity contribution is 1.45. The molecule has 0 unspecified atom stereocenters. The zero-order valence-electron chi connectivity index (χ0n) is 12.6. The molecule has 0 aliphatic rings. The normalized spacial score (nSPS) is 12.1. The van der Waals surface area contributed by atoms with Crippen LogP contribution in [0.5, 0.6) is 0 Å². The average molecular weight is 284 g/mol. The lowest BCUT2D eigenvalue weighted by Gasteiger charge is -2.00. The van der Waals surface area contributed by atoms with Crippen molar-refractivity contribution in [2.24, 2.45) is 0 Å². The van der Waals surface area contributed by atoms with Crippen molar-refractivity contribution in [3.8, 4) is 0 Å². The van der Waals surface area contributed by atoms with Crippen LogP contribution in [0.4, 0.5) is 0 Å². The molecule has 5 rings (SSSR count). The molecule has 0 fully saturated rings. The molecule has 2 N–H and O–H groups in total. The number of rotatable bonds is 0. The number of H-pyrrole nitrogens is 2. The van der Waals surface area contributed by atoms with Gasteiger partial charge in [0.15, 0.2) is 0 Å². The molecule has 0 atom stereocenters. The van der Waals surface area contributed by atoms with Crippen molar-refractivity contribution in [3.05, 3.63) is 59.7 Å². The number of aromatic amines is 2. The maximum absolute atomic E-state index is 3.62.